The van der Waals surface area contributed by atoms with Crippen molar-refractivity contribution in [3.05, 3.63) is 48.0 Å². The number of hydrogen-bond donors (Lipinski definition) is 0. The average molecular weight is 443 g/mol. The van der Waals surface area contributed by atoms with Crippen molar-refractivity contribution in [3.8, 4) is 11.5 Å². The van der Waals surface area contributed by atoms with Crippen LogP contribution in [0, 0.1) is 0 Å². The summed E-state index contributed by atoms with van der Waals surface area (Å²) in [5.74, 6) is 2.67. The molecule has 0 bridgehead atoms. The number of thioether (sulfide) groups is 1. The summed E-state index contributed by atoms with van der Waals surface area (Å²) in [5, 5.41) is 0. The SMILES string of the molecule is COc1ccc([C@H]2CCCN2C(=O)CCCSc2nc3ccccc3s2)c(OC)c1. The maximum absolute atomic E-state index is 12.9. The molecule has 0 aliphatic carbocycles. The molecule has 1 fully saturated rings. The van der Waals surface area contributed by atoms with Gasteiger partial charge in [-0.05, 0) is 43.5 Å². The molecule has 1 saturated heterocycles. The van der Waals surface area contributed by atoms with Gasteiger partial charge in [-0.1, -0.05) is 23.9 Å². The van der Waals surface area contributed by atoms with Crippen LogP contribution in [0.3, 0.4) is 0 Å². The van der Waals surface area contributed by atoms with Crippen LogP contribution in [0.5, 0.6) is 11.5 Å². The number of benzene rings is 2. The number of thiazole rings is 1. The molecule has 2 heterocycles. The molecule has 1 amide bonds. The maximum Gasteiger partial charge on any atom is 0.223 e. The first-order chi connectivity index (χ1) is 14.7. The van der Waals surface area contributed by atoms with E-state index in [1.54, 1.807) is 37.3 Å². The fourth-order valence-corrected chi connectivity index (χ4v) is 6.00. The van der Waals surface area contributed by atoms with Gasteiger partial charge in [0.1, 0.15) is 11.5 Å². The molecule has 7 heteroatoms. The molecule has 0 N–H and O–H groups in total. The summed E-state index contributed by atoms with van der Waals surface area (Å²) in [7, 11) is 3.31. The van der Waals surface area contributed by atoms with E-state index < -0.39 is 0 Å². The number of methoxy groups -OCH3 is 2. The second-order valence-corrected chi connectivity index (χ2v) is 9.63. The van der Waals surface area contributed by atoms with E-state index in [0.717, 1.165) is 58.5 Å². The highest BCUT2D eigenvalue weighted by atomic mass is 32.2. The Morgan fingerprint density at radius 3 is 2.90 bits per heavy atom. The number of para-hydroxylation sites is 1. The van der Waals surface area contributed by atoms with E-state index in [1.807, 2.05) is 41.3 Å². The second kappa shape index (κ2) is 9.71. The largest absolute Gasteiger partial charge is 0.497 e. The average Bonchev–Trinajstić information content (AvgIpc) is 3.42. The topological polar surface area (TPSA) is 51.7 Å². The number of likely N-dealkylation sites (tertiary alicyclic amines) is 1. The molecule has 5 nitrogen and oxygen atoms in total. The predicted octanol–water partition coefficient (Wildman–Crippen LogP) is 5.55. The quantitative estimate of drug-likeness (QED) is 0.338. The van der Waals surface area contributed by atoms with Gasteiger partial charge in [0.15, 0.2) is 4.34 Å². The Kier molecular flexibility index (Phi) is 6.79. The Balaban J connectivity index is 1.33. The van der Waals surface area contributed by atoms with E-state index in [9.17, 15) is 4.79 Å². The summed E-state index contributed by atoms with van der Waals surface area (Å²) in [6.07, 6.45) is 3.40. The molecule has 0 unspecified atom stereocenters. The van der Waals surface area contributed by atoms with Crippen molar-refractivity contribution >= 4 is 39.2 Å². The van der Waals surface area contributed by atoms with Crippen LogP contribution in [0.2, 0.25) is 0 Å². The predicted molar refractivity (Wildman–Crippen MR) is 123 cm³/mol. The molecule has 30 heavy (non-hydrogen) atoms. The zero-order valence-corrected chi connectivity index (χ0v) is 18.9. The van der Waals surface area contributed by atoms with Crippen LogP contribution in [0.15, 0.2) is 46.8 Å². The first kappa shape index (κ1) is 21.0. The van der Waals surface area contributed by atoms with Gasteiger partial charge in [0, 0.05) is 30.3 Å². The highest BCUT2D eigenvalue weighted by Gasteiger charge is 2.31. The van der Waals surface area contributed by atoms with Gasteiger partial charge in [0.05, 0.1) is 30.5 Å². The molecule has 0 spiro atoms. The lowest BCUT2D eigenvalue weighted by atomic mass is 10.0. The zero-order valence-electron chi connectivity index (χ0n) is 17.3. The molecule has 0 saturated carbocycles. The summed E-state index contributed by atoms with van der Waals surface area (Å²) >= 11 is 3.46. The Bertz CT molecular complexity index is 988. The molecule has 3 aromatic rings. The minimum Gasteiger partial charge on any atom is -0.497 e. The van der Waals surface area contributed by atoms with Crippen molar-refractivity contribution in [2.75, 3.05) is 26.5 Å². The molecular weight excluding hydrogens is 416 g/mol. The normalized spacial score (nSPS) is 16.2. The van der Waals surface area contributed by atoms with Crippen LogP contribution in [0.4, 0.5) is 0 Å². The van der Waals surface area contributed by atoms with E-state index in [-0.39, 0.29) is 11.9 Å². The number of aromatic nitrogens is 1. The van der Waals surface area contributed by atoms with Gasteiger partial charge in [-0.2, -0.15) is 0 Å². The van der Waals surface area contributed by atoms with Crippen molar-refractivity contribution in [3.63, 3.8) is 0 Å². The third kappa shape index (κ3) is 4.57. The highest BCUT2D eigenvalue weighted by Crippen LogP contribution is 2.39. The van der Waals surface area contributed by atoms with E-state index in [2.05, 4.69) is 11.1 Å². The van der Waals surface area contributed by atoms with Crippen molar-refractivity contribution in [1.82, 2.24) is 9.88 Å². The van der Waals surface area contributed by atoms with Crippen LogP contribution in [-0.2, 0) is 4.79 Å². The summed E-state index contributed by atoms with van der Waals surface area (Å²) in [4.78, 5) is 19.6. The van der Waals surface area contributed by atoms with Gasteiger partial charge in [0.25, 0.3) is 0 Å². The Hall–Kier alpha value is -2.25. The first-order valence-electron chi connectivity index (χ1n) is 10.2. The van der Waals surface area contributed by atoms with Crippen molar-refractivity contribution in [2.45, 2.75) is 36.1 Å². The lowest BCUT2D eigenvalue weighted by Crippen LogP contribution is -2.30. The van der Waals surface area contributed by atoms with Crippen LogP contribution >= 0.6 is 23.1 Å². The number of rotatable bonds is 8. The number of fused-ring (bicyclic) bond motifs is 1. The molecule has 4 rings (SSSR count). The van der Waals surface area contributed by atoms with E-state index in [1.165, 1.54) is 4.70 Å². The van der Waals surface area contributed by atoms with E-state index >= 15 is 0 Å². The molecule has 0 radical (unpaired) electrons. The van der Waals surface area contributed by atoms with Crippen LogP contribution in [0.25, 0.3) is 10.2 Å². The lowest BCUT2D eigenvalue weighted by molar-refractivity contribution is -0.132. The molecule has 158 valence electrons. The fourth-order valence-electron chi connectivity index (χ4n) is 3.92. The van der Waals surface area contributed by atoms with Crippen LogP contribution in [0.1, 0.15) is 37.3 Å². The summed E-state index contributed by atoms with van der Waals surface area (Å²) < 4.78 is 13.2. The summed E-state index contributed by atoms with van der Waals surface area (Å²) in [6.45, 7) is 0.809. The lowest BCUT2D eigenvalue weighted by Gasteiger charge is -2.26. The minimum atomic E-state index is 0.0790. The monoisotopic (exact) mass is 442 g/mol. The number of carbonyl (C=O) groups excluding carboxylic acids is 1. The Morgan fingerprint density at radius 1 is 1.23 bits per heavy atom. The van der Waals surface area contributed by atoms with Gasteiger partial charge < -0.3 is 14.4 Å². The molecule has 1 aliphatic heterocycles. The molecule has 1 aliphatic rings. The second-order valence-electron chi connectivity index (χ2n) is 7.25. The number of amides is 1. The standard InChI is InChI=1S/C23H26N2O3S2/c1-27-16-11-12-17(20(15-16)28-2)19-8-5-13-25(19)22(26)10-6-14-29-23-24-18-7-3-4-9-21(18)30-23/h3-4,7,9,11-12,15,19H,5-6,8,10,13-14H2,1-2H3/t19-/m1/s1. The van der Waals surface area contributed by atoms with E-state index in [4.69, 9.17) is 9.47 Å². The highest BCUT2D eigenvalue weighted by molar-refractivity contribution is 8.01. The fraction of sp³-hybridized carbons (Fsp3) is 0.391. The zero-order chi connectivity index (χ0) is 20.9. The van der Waals surface area contributed by atoms with Crippen LogP contribution in [-0.4, -0.2) is 42.3 Å². The van der Waals surface area contributed by atoms with Gasteiger partial charge >= 0.3 is 0 Å². The first-order valence-corrected chi connectivity index (χ1v) is 12.0. The number of ether oxygens (including phenoxy) is 2. The van der Waals surface area contributed by atoms with Crippen molar-refractivity contribution < 1.29 is 14.3 Å². The molecule has 1 aromatic heterocycles. The maximum atomic E-state index is 12.9. The van der Waals surface area contributed by atoms with Gasteiger partial charge in [-0.25, -0.2) is 4.98 Å². The van der Waals surface area contributed by atoms with Crippen molar-refractivity contribution in [2.24, 2.45) is 0 Å². The molecule has 2 aromatic carbocycles. The number of hydrogen-bond acceptors (Lipinski definition) is 6. The van der Waals surface area contributed by atoms with Gasteiger partial charge in [-0.15, -0.1) is 11.3 Å². The molecule has 1 atom stereocenters. The molecular formula is C23H26N2O3S2. The Morgan fingerprint density at radius 2 is 2.10 bits per heavy atom. The number of nitrogens with zero attached hydrogens (tertiary/aromatic N) is 2. The summed E-state index contributed by atoms with van der Waals surface area (Å²) in [6, 6.07) is 14.1. The van der Waals surface area contributed by atoms with E-state index in [0.29, 0.717) is 6.42 Å². The number of carbonyl (C=O) groups is 1. The van der Waals surface area contributed by atoms with Crippen molar-refractivity contribution in [1.29, 1.82) is 0 Å². The van der Waals surface area contributed by atoms with Gasteiger partial charge in [0.2, 0.25) is 5.91 Å². The van der Waals surface area contributed by atoms with Crippen LogP contribution < -0.4 is 9.47 Å². The minimum absolute atomic E-state index is 0.0790. The Labute approximate surface area is 185 Å². The third-order valence-corrected chi connectivity index (χ3v) is 7.67. The summed E-state index contributed by atoms with van der Waals surface area (Å²) in [5.41, 5.74) is 2.11. The smallest absolute Gasteiger partial charge is 0.223 e. The third-order valence-electron chi connectivity index (χ3n) is 5.41. The van der Waals surface area contributed by atoms with Gasteiger partial charge in [-0.3, -0.25) is 4.79 Å².